The molecule has 1 amide bonds. The van der Waals surface area contributed by atoms with Crippen LogP contribution in [0.15, 0.2) is 30.6 Å². The minimum atomic E-state index is -0.420. The number of hydrogen-bond acceptors (Lipinski definition) is 5. The number of nitrogens with one attached hydrogen (secondary N) is 2. The van der Waals surface area contributed by atoms with Crippen LogP contribution in [0.2, 0.25) is 0 Å². The number of hydrogen-bond donors (Lipinski definition) is 3. The van der Waals surface area contributed by atoms with E-state index in [2.05, 4.69) is 15.3 Å². The van der Waals surface area contributed by atoms with Crippen molar-refractivity contribution in [1.82, 2.24) is 15.3 Å². The Morgan fingerprint density at radius 2 is 2.14 bits per heavy atom. The molecule has 0 fully saturated rings. The van der Waals surface area contributed by atoms with E-state index in [1.807, 2.05) is 6.07 Å². The molecular formula is C15H20N4O3. The molecule has 1 aromatic carbocycles. The first-order chi connectivity index (χ1) is 10.6. The summed E-state index contributed by atoms with van der Waals surface area (Å²) in [5.41, 5.74) is 6.89. The fraction of sp³-hybridized carbons (Fsp3) is 0.333. The Kier molecular flexibility index (Phi) is 5.37. The average Bonchev–Trinajstić information content (AvgIpc) is 3.05. The smallest absolute Gasteiger partial charge is 0.222 e. The van der Waals surface area contributed by atoms with E-state index in [4.69, 9.17) is 15.2 Å². The zero-order valence-corrected chi connectivity index (χ0v) is 12.6. The first kappa shape index (κ1) is 15.8. The zero-order chi connectivity index (χ0) is 15.9. The lowest BCUT2D eigenvalue weighted by Crippen LogP contribution is -2.27. The number of carbonyl (C=O) groups is 1. The summed E-state index contributed by atoms with van der Waals surface area (Å²) >= 11 is 0. The van der Waals surface area contributed by atoms with E-state index in [0.717, 1.165) is 5.56 Å². The number of imidazole rings is 1. The van der Waals surface area contributed by atoms with Crippen LogP contribution in [0.4, 0.5) is 0 Å². The SMILES string of the molecule is COc1ccc([C@@H](N)CC(=O)NCc2ncc[nH]2)cc1OC. The predicted molar refractivity (Wildman–Crippen MR) is 81.5 cm³/mol. The number of ether oxygens (including phenoxy) is 2. The summed E-state index contributed by atoms with van der Waals surface area (Å²) in [6.45, 7) is 0.352. The van der Waals surface area contributed by atoms with Gasteiger partial charge in [-0.25, -0.2) is 4.98 Å². The Hall–Kier alpha value is -2.54. The molecule has 4 N–H and O–H groups in total. The van der Waals surface area contributed by atoms with Crippen molar-refractivity contribution in [1.29, 1.82) is 0 Å². The predicted octanol–water partition coefficient (Wildman–Crippen LogP) is 1.13. The third kappa shape index (κ3) is 3.98. The van der Waals surface area contributed by atoms with Crippen LogP contribution in [0.5, 0.6) is 11.5 Å². The second-order valence-electron chi connectivity index (χ2n) is 4.74. The van der Waals surface area contributed by atoms with E-state index in [1.165, 1.54) is 0 Å². The van der Waals surface area contributed by atoms with Crippen molar-refractivity contribution in [3.05, 3.63) is 42.0 Å². The van der Waals surface area contributed by atoms with Crippen molar-refractivity contribution in [2.75, 3.05) is 14.2 Å². The van der Waals surface area contributed by atoms with Crippen LogP contribution in [-0.4, -0.2) is 30.1 Å². The molecule has 2 aromatic rings. The second-order valence-corrected chi connectivity index (χ2v) is 4.74. The number of carbonyl (C=O) groups excluding carboxylic acids is 1. The first-order valence-corrected chi connectivity index (χ1v) is 6.86. The molecule has 0 aliphatic carbocycles. The lowest BCUT2D eigenvalue weighted by atomic mass is 10.0. The van der Waals surface area contributed by atoms with Gasteiger partial charge < -0.3 is 25.5 Å². The van der Waals surface area contributed by atoms with Gasteiger partial charge in [-0.3, -0.25) is 4.79 Å². The van der Waals surface area contributed by atoms with E-state index >= 15 is 0 Å². The third-order valence-electron chi connectivity index (χ3n) is 3.25. The molecular weight excluding hydrogens is 284 g/mol. The van der Waals surface area contributed by atoms with Crippen molar-refractivity contribution >= 4 is 5.91 Å². The Morgan fingerprint density at radius 3 is 2.77 bits per heavy atom. The fourth-order valence-corrected chi connectivity index (χ4v) is 2.05. The molecule has 0 aliphatic heterocycles. The van der Waals surface area contributed by atoms with Gasteiger partial charge in [0.05, 0.1) is 20.8 Å². The summed E-state index contributed by atoms with van der Waals surface area (Å²) in [7, 11) is 3.13. The molecule has 118 valence electrons. The van der Waals surface area contributed by atoms with Crippen LogP contribution < -0.4 is 20.5 Å². The number of aromatic nitrogens is 2. The molecule has 0 bridgehead atoms. The van der Waals surface area contributed by atoms with Gasteiger partial charge in [-0.2, -0.15) is 0 Å². The largest absolute Gasteiger partial charge is 0.493 e. The van der Waals surface area contributed by atoms with Crippen LogP contribution in [-0.2, 0) is 11.3 Å². The number of aromatic amines is 1. The van der Waals surface area contributed by atoms with Gasteiger partial charge in [0.25, 0.3) is 0 Å². The number of benzene rings is 1. The summed E-state index contributed by atoms with van der Waals surface area (Å²) < 4.78 is 10.4. The van der Waals surface area contributed by atoms with Gasteiger partial charge in [0.2, 0.25) is 5.91 Å². The molecule has 1 aromatic heterocycles. The van der Waals surface area contributed by atoms with Crippen LogP contribution >= 0.6 is 0 Å². The van der Waals surface area contributed by atoms with E-state index in [9.17, 15) is 4.79 Å². The van der Waals surface area contributed by atoms with E-state index < -0.39 is 6.04 Å². The highest BCUT2D eigenvalue weighted by molar-refractivity contribution is 5.76. The summed E-state index contributed by atoms with van der Waals surface area (Å²) in [5.74, 6) is 1.78. The molecule has 0 spiro atoms. The molecule has 0 unspecified atom stereocenters. The van der Waals surface area contributed by atoms with E-state index in [0.29, 0.717) is 23.9 Å². The van der Waals surface area contributed by atoms with Crippen molar-refractivity contribution in [2.24, 2.45) is 5.73 Å². The van der Waals surface area contributed by atoms with Gasteiger partial charge in [0.1, 0.15) is 5.82 Å². The minimum Gasteiger partial charge on any atom is -0.493 e. The maximum Gasteiger partial charge on any atom is 0.222 e. The minimum absolute atomic E-state index is 0.140. The molecule has 2 rings (SSSR count). The van der Waals surface area contributed by atoms with Crippen molar-refractivity contribution in [3.63, 3.8) is 0 Å². The normalized spacial score (nSPS) is 11.8. The maximum atomic E-state index is 11.9. The number of rotatable bonds is 7. The van der Waals surface area contributed by atoms with Crippen molar-refractivity contribution < 1.29 is 14.3 Å². The quantitative estimate of drug-likeness (QED) is 0.711. The number of nitrogens with two attached hydrogens (primary N) is 1. The van der Waals surface area contributed by atoms with Gasteiger partial charge >= 0.3 is 0 Å². The standard InChI is InChI=1S/C15H20N4O3/c1-21-12-4-3-10(7-13(12)22-2)11(16)8-15(20)19-9-14-17-5-6-18-14/h3-7,11H,8-9,16H2,1-2H3,(H,17,18)(H,19,20)/t11-/m0/s1. The van der Waals surface area contributed by atoms with Crippen LogP contribution in [0.3, 0.4) is 0 Å². The number of H-pyrrole nitrogens is 1. The zero-order valence-electron chi connectivity index (χ0n) is 12.6. The Morgan fingerprint density at radius 1 is 1.36 bits per heavy atom. The van der Waals surface area contributed by atoms with Crippen molar-refractivity contribution in [2.45, 2.75) is 19.0 Å². The first-order valence-electron chi connectivity index (χ1n) is 6.86. The summed E-state index contributed by atoms with van der Waals surface area (Å²) in [4.78, 5) is 18.9. The van der Waals surface area contributed by atoms with Crippen molar-refractivity contribution in [3.8, 4) is 11.5 Å². The van der Waals surface area contributed by atoms with Gasteiger partial charge in [-0.15, -0.1) is 0 Å². The molecule has 22 heavy (non-hydrogen) atoms. The van der Waals surface area contributed by atoms with E-state index in [-0.39, 0.29) is 12.3 Å². The van der Waals surface area contributed by atoms with Crippen LogP contribution in [0.1, 0.15) is 23.9 Å². The lowest BCUT2D eigenvalue weighted by molar-refractivity contribution is -0.121. The van der Waals surface area contributed by atoms with Crippen LogP contribution in [0.25, 0.3) is 0 Å². The Labute approximate surface area is 128 Å². The molecule has 1 heterocycles. The average molecular weight is 304 g/mol. The van der Waals surface area contributed by atoms with Gasteiger partial charge in [-0.1, -0.05) is 6.07 Å². The van der Waals surface area contributed by atoms with Gasteiger partial charge in [0, 0.05) is 24.9 Å². The topological polar surface area (TPSA) is 102 Å². The van der Waals surface area contributed by atoms with E-state index in [1.54, 1.807) is 38.7 Å². The highest BCUT2D eigenvalue weighted by Crippen LogP contribution is 2.30. The molecule has 0 radical (unpaired) electrons. The summed E-state index contributed by atoms with van der Waals surface area (Å²) in [5, 5.41) is 2.77. The molecule has 7 heteroatoms. The highest BCUT2D eigenvalue weighted by Gasteiger charge is 2.14. The van der Waals surface area contributed by atoms with Crippen LogP contribution in [0, 0.1) is 0 Å². The monoisotopic (exact) mass is 304 g/mol. The lowest BCUT2D eigenvalue weighted by Gasteiger charge is -2.14. The molecule has 1 atom stereocenters. The summed E-state index contributed by atoms with van der Waals surface area (Å²) in [6.07, 6.45) is 3.52. The molecule has 0 saturated carbocycles. The number of amides is 1. The molecule has 0 saturated heterocycles. The fourth-order valence-electron chi connectivity index (χ4n) is 2.05. The molecule has 0 aliphatic rings. The Balaban J connectivity index is 1.93. The summed E-state index contributed by atoms with van der Waals surface area (Å²) in [6, 6.07) is 4.96. The maximum absolute atomic E-state index is 11.9. The van der Waals surface area contributed by atoms with Gasteiger partial charge in [-0.05, 0) is 17.7 Å². The Bertz CT molecular complexity index is 613. The number of methoxy groups -OCH3 is 2. The van der Waals surface area contributed by atoms with Gasteiger partial charge in [0.15, 0.2) is 11.5 Å². The highest BCUT2D eigenvalue weighted by atomic mass is 16.5. The second kappa shape index (κ2) is 7.46. The third-order valence-corrected chi connectivity index (χ3v) is 3.25. The molecule has 7 nitrogen and oxygen atoms in total. The number of nitrogens with zero attached hydrogens (tertiary/aromatic N) is 1.